The fourth-order valence-corrected chi connectivity index (χ4v) is 4.37. The van der Waals surface area contributed by atoms with Gasteiger partial charge < -0.3 is 15.4 Å². The lowest BCUT2D eigenvalue weighted by atomic mass is 9.90. The van der Waals surface area contributed by atoms with E-state index < -0.39 is 23.7 Å². The predicted molar refractivity (Wildman–Crippen MR) is 157 cm³/mol. The van der Waals surface area contributed by atoms with Gasteiger partial charge in [0.05, 0.1) is 11.7 Å². The van der Waals surface area contributed by atoms with Crippen LogP contribution in [0.4, 0.5) is 4.79 Å². The lowest BCUT2D eigenvalue weighted by molar-refractivity contribution is -0.129. The first-order valence-corrected chi connectivity index (χ1v) is 13.6. The van der Waals surface area contributed by atoms with E-state index >= 15 is 0 Å². The molecule has 7 nitrogen and oxygen atoms in total. The van der Waals surface area contributed by atoms with Crippen molar-refractivity contribution in [2.75, 3.05) is 7.05 Å². The number of ketones is 1. The summed E-state index contributed by atoms with van der Waals surface area (Å²) in [5.41, 5.74) is 2.88. The summed E-state index contributed by atoms with van der Waals surface area (Å²) in [7, 11) is 1.55. The zero-order chi connectivity index (χ0) is 27.7. The van der Waals surface area contributed by atoms with Crippen LogP contribution in [0.2, 0.25) is 0 Å². The van der Waals surface area contributed by atoms with Gasteiger partial charge in [-0.3, -0.25) is 14.6 Å². The smallest absolute Gasteiger partial charge is 0.408 e. The highest BCUT2D eigenvalue weighted by Gasteiger charge is 2.29. The minimum atomic E-state index is -0.837. The molecular weight excluding hydrogens is 593 g/mol. The third-order valence-electron chi connectivity index (χ3n) is 5.87. The molecule has 1 aromatic heterocycles. The SMILES string of the molecule is CNC(=O)[C@@H](CC(=O)[C@H](Cc1ccc(I)cc1)NC(=O)OC(C)(C)C)Cc1ccc(-c2ccccc2)nc1. The Hall–Kier alpha value is -3.27. The molecule has 200 valence electrons. The average molecular weight is 628 g/mol. The van der Waals surface area contributed by atoms with E-state index in [1.54, 1.807) is 34.0 Å². The molecule has 0 saturated heterocycles. The van der Waals surface area contributed by atoms with Crippen molar-refractivity contribution in [3.8, 4) is 11.3 Å². The van der Waals surface area contributed by atoms with Crippen LogP contribution in [0.25, 0.3) is 11.3 Å². The Balaban J connectivity index is 1.76. The zero-order valence-electron chi connectivity index (χ0n) is 22.2. The molecular formula is C30H34IN3O4. The van der Waals surface area contributed by atoms with Crippen LogP contribution in [0.5, 0.6) is 0 Å². The van der Waals surface area contributed by atoms with Crippen LogP contribution < -0.4 is 10.6 Å². The minimum absolute atomic E-state index is 0.0368. The molecule has 0 radical (unpaired) electrons. The van der Waals surface area contributed by atoms with Crippen molar-refractivity contribution < 1.29 is 19.1 Å². The van der Waals surface area contributed by atoms with E-state index in [0.717, 1.165) is 26.0 Å². The van der Waals surface area contributed by atoms with Gasteiger partial charge in [0.2, 0.25) is 5.91 Å². The Labute approximate surface area is 237 Å². The first-order chi connectivity index (χ1) is 18.0. The number of halogens is 1. The van der Waals surface area contributed by atoms with Gasteiger partial charge in [-0.1, -0.05) is 48.5 Å². The molecule has 3 rings (SSSR count). The second-order valence-corrected chi connectivity index (χ2v) is 11.4. The van der Waals surface area contributed by atoms with Gasteiger partial charge in [-0.05, 0) is 85.5 Å². The van der Waals surface area contributed by atoms with Gasteiger partial charge in [-0.25, -0.2) is 4.79 Å². The van der Waals surface area contributed by atoms with Gasteiger partial charge in [0.15, 0.2) is 5.78 Å². The number of ether oxygens (including phenoxy) is 1. The van der Waals surface area contributed by atoms with Crippen LogP contribution >= 0.6 is 22.6 Å². The fourth-order valence-electron chi connectivity index (χ4n) is 4.01. The molecule has 38 heavy (non-hydrogen) atoms. The molecule has 2 N–H and O–H groups in total. The van der Waals surface area contributed by atoms with E-state index in [2.05, 4.69) is 38.2 Å². The van der Waals surface area contributed by atoms with Crippen LogP contribution in [0.15, 0.2) is 72.9 Å². The quantitative estimate of drug-likeness (QED) is 0.296. The van der Waals surface area contributed by atoms with Crippen LogP contribution in [-0.2, 0) is 27.2 Å². The lowest BCUT2D eigenvalue weighted by Crippen LogP contribution is -2.46. The number of hydrogen-bond donors (Lipinski definition) is 2. The predicted octanol–water partition coefficient (Wildman–Crippen LogP) is 5.35. The summed E-state index contributed by atoms with van der Waals surface area (Å²) in [6.45, 7) is 5.30. The van der Waals surface area contributed by atoms with Crippen molar-refractivity contribution in [1.29, 1.82) is 0 Å². The largest absolute Gasteiger partial charge is 0.444 e. The standard InChI is InChI=1S/C30H34IN3O4/c1-30(2,3)38-29(37)34-26(17-20-10-13-24(31)14-11-20)27(35)18-23(28(36)32-4)16-21-12-15-25(33-19-21)22-8-6-5-7-9-22/h5-15,19,23,26H,16-18H2,1-4H3,(H,32,36)(H,34,37)/t23-,26+/m1/s1. The van der Waals surface area contributed by atoms with Gasteiger partial charge in [0.1, 0.15) is 5.60 Å². The minimum Gasteiger partial charge on any atom is -0.444 e. The molecule has 0 fully saturated rings. The number of pyridine rings is 1. The molecule has 8 heteroatoms. The summed E-state index contributed by atoms with van der Waals surface area (Å²) in [6.07, 6.45) is 1.67. The van der Waals surface area contributed by atoms with E-state index in [4.69, 9.17) is 4.74 Å². The number of nitrogens with one attached hydrogen (secondary N) is 2. The Morgan fingerprint density at radius 3 is 2.16 bits per heavy atom. The number of aromatic nitrogens is 1. The summed E-state index contributed by atoms with van der Waals surface area (Å²) >= 11 is 2.21. The first-order valence-electron chi connectivity index (χ1n) is 12.5. The van der Waals surface area contributed by atoms with E-state index in [9.17, 15) is 14.4 Å². The normalized spacial score (nSPS) is 12.8. The topological polar surface area (TPSA) is 97.4 Å². The maximum absolute atomic E-state index is 13.5. The summed E-state index contributed by atoms with van der Waals surface area (Å²) in [5, 5.41) is 5.40. The number of carbonyl (C=O) groups is 3. The molecule has 2 aromatic carbocycles. The number of hydrogen-bond acceptors (Lipinski definition) is 5. The molecule has 0 aliphatic heterocycles. The van der Waals surface area contributed by atoms with Gasteiger partial charge in [0, 0.05) is 34.7 Å². The molecule has 2 amide bonds. The summed E-state index contributed by atoms with van der Waals surface area (Å²) in [6, 6.07) is 20.6. The van der Waals surface area contributed by atoms with Crippen LogP contribution in [0.1, 0.15) is 38.3 Å². The molecule has 0 aliphatic rings. The summed E-state index contributed by atoms with van der Waals surface area (Å²) in [5.74, 6) is -1.09. The maximum atomic E-state index is 13.5. The highest BCUT2D eigenvalue weighted by molar-refractivity contribution is 14.1. The van der Waals surface area contributed by atoms with Gasteiger partial charge in [-0.15, -0.1) is 0 Å². The zero-order valence-corrected chi connectivity index (χ0v) is 24.3. The Kier molecular flexibility index (Phi) is 10.4. The number of carbonyl (C=O) groups excluding carboxylic acids is 3. The van der Waals surface area contributed by atoms with Gasteiger partial charge in [0.25, 0.3) is 0 Å². The van der Waals surface area contributed by atoms with Crippen LogP contribution in [0.3, 0.4) is 0 Å². The third kappa shape index (κ3) is 9.24. The second kappa shape index (κ2) is 13.5. The molecule has 0 unspecified atom stereocenters. The molecule has 0 aliphatic carbocycles. The Morgan fingerprint density at radius 1 is 0.921 bits per heavy atom. The van der Waals surface area contributed by atoms with Crippen molar-refractivity contribution in [3.63, 3.8) is 0 Å². The highest BCUT2D eigenvalue weighted by atomic mass is 127. The van der Waals surface area contributed by atoms with Crippen molar-refractivity contribution in [2.45, 2.75) is 51.7 Å². The van der Waals surface area contributed by atoms with Crippen LogP contribution in [-0.4, -0.2) is 41.5 Å². The molecule has 0 spiro atoms. The third-order valence-corrected chi connectivity index (χ3v) is 6.59. The number of alkyl carbamates (subject to hydrolysis) is 1. The van der Waals surface area contributed by atoms with Gasteiger partial charge >= 0.3 is 6.09 Å². The summed E-state index contributed by atoms with van der Waals surface area (Å²) < 4.78 is 6.47. The van der Waals surface area contributed by atoms with E-state index in [1.807, 2.05) is 66.7 Å². The first kappa shape index (κ1) is 29.3. The number of benzene rings is 2. The van der Waals surface area contributed by atoms with E-state index in [0.29, 0.717) is 12.8 Å². The van der Waals surface area contributed by atoms with Crippen molar-refractivity contribution in [2.24, 2.45) is 5.92 Å². The van der Waals surface area contributed by atoms with E-state index in [1.165, 1.54) is 0 Å². The molecule has 0 saturated carbocycles. The van der Waals surface area contributed by atoms with Crippen LogP contribution in [0, 0.1) is 9.49 Å². The lowest BCUT2D eigenvalue weighted by Gasteiger charge is -2.24. The summed E-state index contributed by atoms with van der Waals surface area (Å²) in [4.78, 5) is 43.4. The Bertz CT molecular complexity index is 1220. The Morgan fingerprint density at radius 2 is 1.58 bits per heavy atom. The van der Waals surface area contributed by atoms with Crippen molar-refractivity contribution in [3.05, 3.63) is 87.6 Å². The molecule has 0 bridgehead atoms. The molecule has 2 atom stereocenters. The molecule has 3 aromatic rings. The fraction of sp³-hybridized carbons (Fsp3) is 0.333. The number of Topliss-reactive ketones (excluding diaryl/α,β-unsaturated/α-hetero) is 1. The monoisotopic (exact) mass is 627 g/mol. The highest BCUT2D eigenvalue weighted by Crippen LogP contribution is 2.20. The van der Waals surface area contributed by atoms with Crippen molar-refractivity contribution in [1.82, 2.24) is 15.6 Å². The molecule has 1 heterocycles. The number of amides is 2. The maximum Gasteiger partial charge on any atom is 0.408 e. The number of rotatable bonds is 10. The average Bonchev–Trinajstić information content (AvgIpc) is 2.88. The second-order valence-electron chi connectivity index (χ2n) is 10.1. The van der Waals surface area contributed by atoms with Gasteiger partial charge in [-0.2, -0.15) is 0 Å². The van der Waals surface area contributed by atoms with Crippen molar-refractivity contribution >= 4 is 40.4 Å². The van der Waals surface area contributed by atoms with E-state index in [-0.39, 0.29) is 18.1 Å². The number of nitrogens with zero attached hydrogens (tertiary/aromatic N) is 1.